The summed E-state index contributed by atoms with van der Waals surface area (Å²) >= 11 is 0. The first-order chi connectivity index (χ1) is 14.9. The fourth-order valence-electron chi connectivity index (χ4n) is 9.59. The molecular formula is C28H22N2. The van der Waals surface area contributed by atoms with Crippen LogP contribution in [0.2, 0.25) is 0 Å². The van der Waals surface area contributed by atoms with E-state index in [2.05, 4.69) is 40.9 Å². The predicted molar refractivity (Wildman–Crippen MR) is 120 cm³/mol. The van der Waals surface area contributed by atoms with Crippen LogP contribution in [-0.4, -0.2) is 9.38 Å². The molecule has 3 saturated carbocycles. The highest BCUT2D eigenvalue weighted by atomic mass is 15.0. The molecule has 144 valence electrons. The summed E-state index contributed by atoms with van der Waals surface area (Å²) in [6.45, 7) is 0. The topological polar surface area (TPSA) is 17.3 Å². The van der Waals surface area contributed by atoms with Gasteiger partial charge in [-0.1, -0.05) is 24.3 Å². The molecule has 3 heterocycles. The SMILES string of the molecule is c1cc2c3c4c(ccc3n3c5cnc6c(c5c(c1)c23)C1CC2CC3CC6C321)CCC4. The second-order valence-electron chi connectivity index (χ2n) is 11.0. The summed E-state index contributed by atoms with van der Waals surface area (Å²) < 4.78 is 2.58. The zero-order chi connectivity index (χ0) is 18.9. The van der Waals surface area contributed by atoms with Crippen LogP contribution in [0, 0.1) is 17.3 Å². The maximum Gasteiger partial charge on any atom is 0.0728 e. The first-order valence-corrected chi connectivity index (χ1v) is 12.0. The van der Waals surface area contributed by atoms with Crippen molar-refractivity contribution in [2.75, 3.05) is 0 Å². The van der Waals surface area contributed by atoms with Gasteiger partial charge in [0, 0.05) is 33.2 Å². The van der Waals surface area contributed by atoms with Crippen molar-refractivity contribution in [1.29, 1.82) is 0 Å². The lowest BCUT2D eigenvalue weighted by Crippen LogP contribution is -2.68. The summed E-state index contributed by atoms with van der Waals surface area (Å²) in [7, 11) is 0. The zero-order valence-corrected chi connectivity index (χ0v) is 16.9. The molecule has 5 unspecified atom stereocenters. The van der Waals surface area contributed by atoms with Crippen LogP contribution < -0.4 is 0 Å². The number of pyridine rings is 1. The Kier molecular flexibility index (Phi) is 1.97. The number of rotatable bonds is 0. The summed E-state index contributed by atoms with van der Waals surface area (Å²) in [6.07, 6.45) is 10.4. The van der Waals surface area contributed by atoms with Crippen molar-refractivity contribution in [2.45, 2.75) is 50.4 Å². The molecule has 5 aliphatic carbocycles. The Bertz CT molecular complexity index is 1630. The van der Waals surface area contributed by atoms with Crippen molar-refractivity contribution in [3.63, 3.8) is 0 Å². The smallest absolute Gasteiger partial charge is 0.0728 e. The Hall–Kier alpha value is -2.61. The number of hydrogen-bond acceptors (Lipinski definition) is 1. The van der Waals surface area contributed by atoms with Gasteiger partial charge in [0.2, 0.25) is 0 Å². The minimum Gasteiger partial charge on any atom is -0.306 e. The molecule has 0 saturated heterocycles. The van der Waals surface area contributed by atoms with Gasteiger partial charge in [0.25, 0.3) is 0 Å². The summed E-state index contributed by atoms with van der Waals surface area (Å²) in [4.78, 5) is 5.21. The number of para-hydroxylation sites is 1. The average molecular weight is 386 g/mol. The van der Waals surface area contributed by atoms with Crippen LogP contribution in [0.1, 0.15) is 59.9 Å². The maximum atomic E-state index is 5.21. The third-order valence-electron chi connectivity index (χ3n) is 10.6. The van der Waals surface area contributed by atoms with Crippen molar-refractivity contribution < 1.29 is 0 Å². The normalized spacial score (nSPS) is 34.7. The highest BCUT2D eigenvalue weighted by Gasteiger charge is 2.79. The molecule has 3 fully saturated rings. The van der Waals surface area contributed by atoms with Crippen LogP contribution in [0.15, 0.2) is 36.5 Å². The molecule has 5 aliphatic rings. The number of aryl methyl sites for hydroxylation is 2. The van der Waals surface area contributed by atoms with Crippen LogP contribution >= 0.6 is 0 Å². The Balaban J connectivity index is 1.42. The summed E-state index contributed by atoms with van der Waals surface area (Å²) in [5, 5.41) is 6.04. The molecule has 0 aliphatic heterocycles. The first-order valence-electron chi connectivity index (χ1n) is 12.0. The van der Waals surface area contributed by atoms with Crippen LogP contribution in [0.25, 0.3) is 38.1 Å². The van der Waals surface area contributed by atoms with Crippen LogP contribution in [0.4, 0.5) is 0 Å². The maximum absolute atomic E-state index is 5.21. The van der Waals surface area contributed by atoms with E-state index in [1.165, 1.54) is 76.9 Å². The van der Waals surface area contributed by atoms with Crippen molar-refractivity contribution in [1.82, 2.24) is 9.38 Å². The van der Waals surface area contributed by atoms with Gasteiger partial charge in [-0.3, -0.25) is 4.98 Å². The van der Waals surface area contributed by atoms with Gasteiger partial charge in [-0.15, -0.1) is 0 Å². The van der Waals surface area contributed by atoms with Gasteiger partial charge >= 0.3 is 0 Å². The second-order valence-corrected chi connectivity index (χ2v) is 11.0. The van der Waals surface area contributed by atoms with E-state index in [1.807, 2.05) is 0 Å². The Morgan fingerprint density at radius 1 is 0.867 bits per heavy atom. The van der Waals surface area contributed by atoms with Crippen molar-refractivity contribution in [3.05, 3.63) is 58.9 Å². The van der Waals surface area contributed by atoms with Gasteiger partial charge in [-0.25, -0.2) is 0 Å². The Morgan fingerprint density at radius 2 is 1.73 bits per heavy atom. The molecule has 2 heteroatoms. The molecule has 30 heavy (non-hydrogen) atoms. The van der Waals surface area contributed by atoms with E-state index >= 15 is 0 Å². The molecule has 5 aromatic rings. The summed E-state index contributed by atoms with van der Waals surface area (Å²) in [5.74, 6) is 3.60. The lowest BCUT2D eigenvalue weighted by atomic mass is 9.28. The predicted octanol–water partition coefficient (Wildman–Crippen LogP) is 6.33. The van der Waals surface area contributed by atoms with E-state index in [-0.39, 0.29) is 0 Å². The van der Waals surface area contributed by atoms with E-state index in [0.717, 1.165) is 23.7 Å². The number of aromatic nitrogens is 2. The monoisotopic (exact) mass is 386 g/mol. The van der Waals surface area contributed by atoms with E-state index in [0.29, 0.717) is 5.41 Å². The van der Waals surface area contributed by atoms with E-state index < -0.39 is 0 Å². The molecule has 0 radical (unpaired) electrons. The first kappa shape index (κ1) is 14.4. The van der Waals surface area contributed by atoms with E-state index in [9.17, 15) is 0 Å². The second kappa shape index (κ2) is 4.10. The molecule has 5 atom stereocenters. The summed E-state index contributed by atoms with van der Waals surface area (Å²) in [6, 6.07) is 11.9. The number of nitrogens with zero attached hydrogens (tertiary/aromatic N) is 2. The van der Waals surface area contributed by atoms with Crippen LogP contribution in [-0.2, 0) is 12.8 Å². The molecule has 3 aromatic heterocycles. The van der Waals surface area contributed by atoms with Crippen molar-refractivity contribution in [2.24, 2.45) is 17.3 Å². The minimum atomic E-state index is 0.651. The minimum absolute atomic E-state index is 0.651. The molecule has 0 N–H and O–H groups in total. The average Bonchev–Trinajstić information content (AvgIpc) is 3.46. The lowest BCUT2D eigenvalue weighted by Gasteiger charge is -2.75. The van der Waals surface area contributed by atoms with E-state index in [1.54, 1.807) is 22.1 Å². The third-order valence-corrected chi connectivity index (χ3v) is 10.6. The van der Waals surface area contributed by atoms with Gasteiger partial charge in [0.1, 0.15) is 0 Å². The molecule has 10 rings (SSSR count). The fraction of sp³-hybridized carbons (Fsp3) is 0.393. The lowest BCUT2D eigenvalue weighted by molar-refractivity contribution is -0.240. The van der Waals surface area contributed by atoms with Crippen LogP contribution in [0.3, 0.4) is 0 Å². The van der Waals surface area contributed by atoms with Gasteiger partial charge in [-0.05, 0) is 84.5 Å². The van der Waals surface area contributed by atoms with Crippen molar-refractivity contribution in [3.8, 4) is 0 Å². The number of fused-ring (bicyclic) bond motifs is 12. The number of benzene rings is 2. The molecule has 0 bridgehead atoms. The highest BCUT2D eigenvalue weighted by Crippen LogP contribution is 2.88. The van der Waals surface area contributed by atoms with Gasteiger partial charge in [0.05, 0.1) is 22.7 Å². The molecular weight excluding hydrogens is 364 g/mol. The third kappa shape index (κ3) is 1.13. The van der Waals surface area contributed by atoms with Gasteiger partial charge in [-0.2, -0.15) is 0 Å². The van der Waals surface area contributed by atoms with Gasteiger partial charge in [0.15, 0.2) is 0 Å². The highest BCUT2D eigenvalue weighted by molar-refractivity contribution is 6.24. The van der Waals surface area contributed by atoms with Crippen molar-refractivity contribution >= 4 is 38.1 Å². The Morgan fingerprint density at radius 3 is 2.63 bits per heavy atom. The zero-order valence-electron chi connectivity index (χ0n) is 16.9. The molecule has 0 amide bonds. The van der Waals surface area contributed by atoms with Crippen LogP contribution in [0.5, 0.6) is 0 Å². The van der Waals surface area contributed by atoms with E-state index in [4.69, 9.17) is 4.98 Å². The molecule has 1 spiro atoms. The standard InChI is InChI=1S/C28H22N2/c1-3-13-7-8-21-23(16(13)4-1)17-5-2-6-18-24-22(30(21)27(17)18)12-29-26-20-11-15-9-14-10-19(25(24)26)28(14,15)20/h2,5-8,12,14-15,19-20H,1,3-4,9-11H2. The quantitative estimate of drug-likeness (QED) is 0.304. The van der Waals surface area contributed by atoms with Gasteiger partial charge < -0.3 is 4.40 Å². The fourth-order valence-corrected chi connectivity index (χ4v) is 9.59. The number of hydrogen-bond donors (Lipinski definition) is 0. The molecule has 2 aromatic carbocycles. The molecule has 2 nitrogen and oxygen atoms in total. The summed E-state index contributed by atoms with van der Waals surface area (Å²) in [5.41, 5.74) is 11.2. The Labute approximate surface area is 174 Å². The largest absolute Gasteiger partial charge is 0.306 e.